The maximum atomic E-state index is 3.18. The van der Waals surface area contributed by atoms with E-state index in [9.17, 15) is 0 Å². The van der Waals surface area contributed by atoms with Crippen LogP contribution in [0.1, 0.15) is 114 Å². The van der Waals surface area contributed by atoms with E-state index in [0.29, 0.717) is 11.0 Å². The number of allylic oxidation sites excluding steroid dienone is 1. The Kier molecular flexibility index (Phi) is 5.76. The zero-order valence-electron chi connectivity index (χ0n) is 22.9. The summed E-state index contributed by atoms with van der Waals surface area (Å²) < 4.78 is 0. The van der Waals surface area contributed by atoms with Gasteiger partial charge in [0.25, 0.3) is 0 Å². The molecule has 0 aromatic heterocycles. The van der Waals surface area contributed by atoms with Crippen molar-refractivity contribution in [1.82, 2.24) is 4.90 Å². The molecule has 0 amide bonds. The summed E-state index contributed by atoms with van der Waals surface area (Å²) in [6, 6.07) is 1.46. The van der Waals surface area contributed by atoms with Crippen molar-refractivity contribution in [2.45, 2.75) is 131 Å². The molecule has 0 aromatic rings. The summed E-state index contributed by atoms with van der Waals surface area (Å²) in [7, 11) is 0. The number of likely N-dealkylation sites (tertiary alicyclic amines) is 1. The predicted octanol–water partition coefficient (Wildman–Crippen LogP) is 8.34. The summed E-state index contributed by atoms with van der Waals surface area (Å²) in [5, 5.41) is 0. The Balaban J connectivity index is 1.58. The van der Waals surface area contributed by atoms with Crippen LogP contribution in [0.5, 0.6) is 0 Å². The highest BCUT2D eigenvalue weighted by atomic mass is 15.3. The standard InChI is InChI=1S/C31H53N/c1-18(2)27-16-24-10-11-26(24)28(19(3)4)29(27)32-22(7)31(17-30(32,8)9)21(6)14-23-12-20(5)13-25(31)15-23/h18-23,25,27-29H,10-17H2,1-9H3. The van der Waals surface area contributed by atoms with Crippen molar-refractivity contribution in [3.63, 3.8) is 0 Å². The van der Waals surface area contributed by atoms with E-state index in [4.69, 9.17) is 0 Å². The normalized spacial score (nSPS) is 48.5. The van der Waals surface area contributed by atoms with E-state index in [-0.39, 0.29) is 0 Å². The molecule has 3 fully saturated rings. The fraction of sp³-hybridized carbons (Fsp3) is 0.935. The third-order valence-electron chi connectivity index (χ3n) is 11.8. The highest BCUT2D eigenvalue weighted by molar-refractivity contribution is 5.34. The van der Waals surface area contributed by atoms with Crippen LogP contribution >= 0.6 is 0 Å². The molecule has 2 bridgehead atoms. The lowest BCUT2D eigenvalue weighted by atomic mass is 9.49. The van der Waals surface area contributed by atoms with Gasteiger partial charge in [-0.3, -0.25) is 4.90 Å². The van der Waals surface area contributed by atoms with E-state index in [2.05, 4.69) is 67.2 Å². The van der Waals surface area contributed by atoms with Crippen molar-refractivity contribution < 1.29 is 0 Å². The third kappa shape index (κ3) is 3.25. The second kappa shape index (κ2) is 7.86. The van der Waals surface area contributed by atoms with E-state index < -0.39 is 0 Å². The quantitative estimate of drug-likeness (QED) is 0.399. The summed E-state index contributed by atoms with van der Waals surface area (Å²) >= 11 is 0. The highest BCUT2D eigenvalue weighted by Crippen LogP contribution is 2.66. The van der Waals surface area contributed by atoms with Crippen molar-refractivity contribution in [2.75, 3.05) is 0 Å². The van der Waals surface area contributed by atoms with E-state index in [1.807, 2.05) is 11.1 Å². The molecule has 0 radical (unpaired) electrons. The minimum atomic E-state index is 0.313. The summed E-state index contributed by atoms with van der Waals surface area (Å²) in [5.41, 5.74) is 4.61. The summed E-state index contributed by atoms with van der Waals surface area (Å²) in [6.45, 7) is 23.3. The third-order valence-corrected chi connectivity index (χ3v) is 11.8. The Bertz CT molecular complexity index is 754. The lowest BCUT2D eigenvalue weighted by molar-refractivity contribution is -0.0765. The van der Waals surface area contributed by atoms with E-state index in [0.717, 1.165) is 59.4 Å². The fourth-order valence-corrected chi connectivity index (χ4v) is 10.8. The van der Waals surface area contributed by atoms with Crippen molar-refractivity contribution in [3.05, 3.63) is 11.1 Å². The monoisotopic (exact) mass is 439 g/mol. The van der Waals surface area contributed by atoms with Crippen LogP contribution in [0.3, 0.4) is 0 Å². The van der Waals surface area contributed by atoms with Crippen LogP contribution in [0.15, 0.2) is 11.1 Å². The molecule has 1 spiro atoms. The molecule has 0 N–H and O–H groups in total. The van der Waals surface area contributed by atoms with Gasteiger partial charge in [0.15, 0.2) is 0 Å². The van der Waals surface area contributed by atoms with Crippen molar-refractivity contribution in [3.8, 4) is 0 Å². The summed E-state index contributed by atoms with van der Waals surface area (Å²) in [4.78, 5) is 3.18. The minimum Gasteiger partial charge on any atom is -0.291 e. The van der Waals surface area contributed by atoms with E-state index in [1.54, 1.807) is 0 Å². The lowest BCUT2D eigenvalue weighted by Crippen LogP contribution is -2.61. The molecule has 2 saturated carbocycles. The number of hydrogen-bond donors (Lipinski definition) is 0. The molecular weight excluding hydrogens is 386 g/mol. The van der Waals surface area contributed by atoms with Gasteiger partial charge in [-0.15, -0.1) is 0 Å². The second-order valence-corrected chi connectivity index (χ2v) is 14.7. The van der Waals surface area contributed by atoms with Gasteiger partial charge in [-0.05, 0) is 125 Å². The molecule has 5 aliphatic rings. The molecule has 1 saturated heterocycles. The topological polar surface area (TPSA) is 3.24 Å². The van der Waals surface area contributed by atoms with Gasteiger partial charge in [0.05, 0.1) is 0 Å². The Hall–Kier alpha value is -0.300. The molecule has 4 aliphatic carbocycles. The van der Waals surface area contributed by atoms with Gasteiger partial charge in [-0.1, -0.05) is 52.7 Å². The summed E-state index contributed by atoms with van der Waals surface area (Å²) in [6.07, 6.45) is 11.6. The zero-order chi connectivity index (χ0) is 23.2. The van der Waals surface area contributed by atoms with Crippen LogP contribution in [0.4, 0.5) is 0 Å². The van der Waals surface area contributed by atoms with Gasteiger partial charge < -0.3 is 0 Å². The van der Waals surface area contributed by atoms with Crippen molar-refractivity contribution >= 4 is 0 Å². The SMILES string of the molecule is CC1CC2CC(C)C3(CC(C)(C)N(C4C(C(C)C)CC5=C(CC5)C4C(C)C)C3C)C(C1)C2. The first-order chi connectivity index (χ1) is 15.0. The number of fused-ring (bicyclic) bond motifs is 3. The maximum Gasteiger partial charge on any atom is 0.0205 e. The van der Waals surface area contributed by atoms with Crippen LogP contribution in [0.25, 0.3) is 0 Å². The molecule has 1 aliphatic heterocycles. The highest BCUT2D eigenvalue weighted by Gasteiger charge is 2.64. The molecular formula is C31H53N. The van der Waals surface area contributed by atoms with Gasteiger partial charge in [0, 0.05) is 17.6 Å². The van der Waals surface area contributed by atoms with Gasteiger partial charge >= 0.3 is 0 Å². The van der Waals surface area contributed by atoms with Crippen LogP contribution in [-0.4, -0.2) is 22.5 Å². The first-order valence-corrected chi connectivity index (χ1v) is 14.5. The minimum absolute atomic E-state index is 0.313. The second-order valence-electron chi connectivity index (χ2n) is 14.7. The average molecular weight is 440 g/mol. The Morgan fingerprint density at radius 2 is 1.59 bits per heavy atom. The van der Waals surface area contributed by atoms with Crippen LogP contribution in [0, 0.1) is 52.8 Å². The van der Waals surface area contributed by atoms with Crippen molar-refractivity contribution in [1.29, 1.82) is 0 Å². The predicted molar refractivity (Wildman–Crippen MR) is 138 cm³/mol. The lowest BCUT2D eigenvalue weighted by Gasteiger charge is -2.58. The Labute approximate surface area is 200 Å². The first kappa shape index (κ1) is 23.4. The van der Waals surface area contributed by atoms with E-state index in [1.165, 1.54) is 51.4 Å². The number of hydrogen-bond acceptors (Lipinski definition) is 1. The van der Waals surface area contributed by atoms with Crippen LogP contribution < -0.4 is 0 Å². The molecule has 0 aromatic carbocycles. The van der Waals surface area contributed by atoms with Crippen molar-refractivity contribution in [2.24, 2.45) is 52.8 Å². The molecule has 1 nitrogen and oxygen atoms in total. The number of rotatable bonds is 3. The van der Waals surface area contributed by atoms with Gasteiger partial charge in [-0.25, -0.2) is 0 Å². The molecule has 5 rings (SSSR count). The first-order valence-electron chi connectivity index (χ1n) is 14.5. The molecule has 9 atom stereocenters. The maximum absolute atomic E-state index is 3.18. The fourth-order valence-electron chi connectivity index (χ4n) is 10.8. The average Bonchev–Trinajstić information content (AvgIpc) is 2.86. The largest absolute Gasteiger partial charge is 0.291 e. The van der Waals surface area contributed by atoms with Gasteiger partial charge in [0.2, 0.25) is 0 Å². The van der Waals surface area contributed by atoms with Gasteiger partial charge in [0.1, 0.15) is 0 Å². The van der Waals surface area contributed by atoms with Gasteiger partial charge in [-0.2, -0.15) is 0 Å². The Morgan fingerprint density at radius 3 is 2.19 bits per heavy atom. The Morgan fingerprint density at radius 1 is 0.875 bits per heavy atom. The molecule has 32 heavy (non-hydrogen) atoms. The summed E-state index contributed by atoms with van der Waals surface area (Å²) in [5.74, 6) is 6.94. The number of nitrogens with zero attached hydrogens (tertiary/aromatic N) is 1. The molecule has 1 heterocycles. The smallest absolute Gasteiger partial charge is 0.0205 e. The van der Waals surface area contributed by atoms with E-state index >= 15 is 0 Å². The van der Waals surface area contributed by atoms with Crippen LogP contribution in [0.2, 0.25) is 0 Å². The molecule has 1 heteroatoms. The molecule has 182 valence electrons. The molecule has 9 unspecified atom stereocenters. The van der Waals surface area contributed by atoms with Crippen LogP contribution in [-0.2, 0) is 0 Å². The zero-order valence-corrected chi connectivity index (χ0v) is 22.9.